The van der Waals surface area contributed by atoms with Gasteiger partial charge in [-0.25, -0.2) is 9.59 Å². The zero-order chi connectivity index (χ0) is 38.8. The molecule has 0 heterocycles. The number of hydrogen-bond acceptors (Lipinski definition) is 8. The summed E-state index contributed by atoms with van der Waals surface area (Å²) >= 11 is 0. The molecule has 5 N–H and O–H groups in total. The Morgan fingerprint density at radius 2 is 1.53 bits per heavy atom. The summed E-state index contributed by atoms with van der Waals surface area (Å²) < 4.78 is 10.6. The molecule has 0 radical (unpaired) electrons. The van der Waals surface area contributed by atoms with Crippen LogP contribution in [-0.2, 0) is 35.3 Å². The van der Waals surface area contributed by atoms with E-state index in [1.807, 2.05) is 13.8 Å². The summed E-state index contributed by atoms with van der Waals surface area (Å²) in [6, 6.07) is 5.35. The molecular weight excluding hydrogens is 654 g/mol. The van der Waals surface area contributed by atoms with Gasteiger partial charge in [-0.2, -0.15) is 0 Å². The first-order valence-corrected chi connectivity index (χ1v) is 18.0. The fourth-order valence-electron chi connectivity index (χ4n) is 5.00. The third-order valence-electron chi connectivity index (χ3n) is 8.18. The highest BCUT2D eigenvalue weighted by atomic mass is 16.6. The molecule has 0 bridgehead atoms. The second kappa shape index (κ2) is 21.9. The molecule has 1 unspecified atom stereocenters. The van der Waals surface area contributed by atoms with E-state index in [4.69, 9.17) is 15.2 Å². The topological polar surface area (TPSA) is 186 Å². The van der Waals surface area contributed by atoms with Gasteiger partial charge in [0, 0.05) is 38.0 Å². The van der Waals surface area contributed by atoms with Gasteiger partial charge in [-0.05, 0) is 75.5 Å². The lowest BCUT2D eigenvalue weighted by atomic mass is 9.89. The maximum atomic E-state index is 13.5. The predicted octanol–water partition coefficient (Wildman–Crippen LogP) is 5.94. The Labute approximate surface area is 304 Å². The van der Waals surface area contributed by atoms with Gasteiger partial charge in [0.15, 0.2) is 5.78 Å². The second-order valence-corrected chi connectivity index (χ2v) is 15.8. The van der Waals surface area contributed by atoms with Crippen molar-refractivity contribution in [2.24, 2.45) is 28.4 Å². The third-order valence-corrected chi connectivity index (χ3v) is 8.18. The van der Waals surface area contributed by atoms with Gasteiger partial charge in [-0.3, -0.25) is 19.2 Å². The van der Waals surface area contributed by atoms with E-state index in [1.54, 1.807) is 52.1 Å². The largest absolute Gasteiger partial charge is 0.463 e. The minimum atomic E-state index is -0.731. The van der Waals surface area contributed by atoms with E-state index in [1.165, 1.54) is 4.90 Å². The molecule has 0 aromatic heterocycles. The number of amides is 5. The number of Topliss-reactive ketones (excluding diaryl/α,β-unsaturated/α-hetero) is 1. The second-order valence-electron chi connectivity index (χ2n) is 15.8. The van der Waals surface area contributed by atoms with E-state index in [-0.39, 0.29) is 67.6 Å². The number of nitrogens with one attached hydrogen (secondary N) is 3. The van der Waals surface area contributed by atoms with Crippen LogP contribution in [-0.4, -0.2) is 73.4 Å². The van der Waals surface area contributed by atoms with Crippen molar-refractivity contribution < 1.29 is 38.2 Å². The summed E-state index contributed by atoms with van der Waals surface area (Å²) in [7, 11) is 1.55. The fraction of sp³-hybridized carbons (Fsp3) is 0.684. The number of hydrogen-bond donors (Lipinski definition) is 4. The number of esters is 1. The van der Waals surface area contributed by atoms with Gasteiger partial charge in [-0.15, -0.1) is 0 Å². The average molecular weight is 718 g/mol. The highest BCUT2D eigenvalue weighted by Gasteiger charge is 2.29. The van der Waals surface area contributed by atoms with Gasteiger partial charge in [0.2, 0.25) is 11.8 Å². The summed E-state index contributed by atoms with van der Waals surface area (Å²) in [6.45, 7) is 16.0. The zero-order valence-corrected chi connectivity index (χ0v) is 32.3. The van der Waals surface area contributed by atoms with Crippen molar-refractivity contribution in [3.05, 3.63) is 29.8 Å². The number of nitrogens with zero attached hydrogens (tertiary/aromatic N) is 1. The molecule has 0 spiro atoms. The number of primary amides is 1. The van der Waals surface area contributed by atoms with E-state index < -0.39 is 29.5 Å². The first-order valence-electron chi connectivity index (χ1n) is 18.0. The Morgan fingerprint density at radius 3 is 2.10 bits per heavy atom. The van der Waals surface area contributed by atoms with E-state index in [0.717, 1.165) is 25.7 Å². The number of unbranched alkanes of at least 4 members (excludes halogenated alkanes) is 2. The number of nitrogens with two attached hydrogens (primary N) is 1. The standard InChI is InChI=1S/C38H63N5O8/c1-26(2)32(42-31(45)15-11-10-12-20-37(3,4)5)30(44)24-28(14-13-21-40-35(39)48)33(46)41-29-18-16-27(17-19-29)25-51-36(49)43(9)22-23-50-34(47)38(6,7)8/h16-19,26,28,32H,10-15,20-25H2,1-9H3,(H,41,46)(H,42,45)(H3,39,40,48)/t28-,32?/m1/s1. The normalized spacial score (nSPS) is 12.7. The van der Waals surface area contributed by atoms with E-state index in [9.17, 15) is 28.8 Å². The minimum absolute atomic E-state index is 0.0115. The van der Waals surface area contributed by atoms with Crippen LogP contribution in [0.2, 0.25) is 0 Å². The van der Waals surface area contributed by atoms with Crippen LogP contribution in [0.1, 0.15) is 112 Å². The van der Waals surface area contributed by atoms with E-state index >= 15 is 0 Å². The van der Waals surface area contributed by atoms with Crippen molar-refractivity contribution in [1.29, 1.82) is 0 Å². The van der Waals surface area contributed by atoms with Crippen molar-refractivity contribution in [3.8, 4) is 0 Å². The van der Waals surface area contributed by atoms with Gasteiger partial charge >= 0.3 is 18.1 Å². The Bertz CT molecular complexity index is 1280. The highest BCUT2D eigenvalue weighted by molar-refractivity contribution is 5.97. The maximum absolute atomic E-state index is 13.5. The van der Waals surface area contributed by atoms with Gasteiger partial charge in [0.1, 0.15) is 13.2 Å². The first-order chi connectivity index (χ1) is 23.7. The zero-order valence-electron chi connectivity index (χ0n) is 32.3. The monoisotopic (exact) mass is 717 g/mol. The van der Waals surface area contributed by atoms with Crippen molar-refractivity contribution in [3.63, 3.8) is 0 Å². The van der Waals surface area contributed by atoms with Crippen LogP contribution >= 0.6 is 0 Å². The van der Waals surface area contributed by atoms with Crippen molar-refractivity contribution in [2.45, 2.75) is 119 Å². The average Bonchev–Trinajstić information content (AvgIpc) is 3.02. The Hall–Kier alpha value is -4.16. The van der Waals surface area contributed by atoms with E-state index in [0.29, 0.717) is 30.5 Å². The number of ketones is 1. The van der Waals surface area contributed by atoms with E-state index in [2.05, 4.69) is 36.7 Å². The van der Waals surface area contributed by atoms with Crippen LogP contribution in [0.3, 0.4) is 0 Å². The Balaban J connectivity index is 2.79. The Morgan fingerprint density at radius 1 is 0.882 bits per heavy atom. The van der Waals surface area contributed by atoms with Crippen molar-refractivity contribution in [1.82, 2.24) is 15.5 Å². The molecule has 0 aliphatic heterocycles. The molecule has 0 saturated carbocycles. The molecule has 1 aromatic carbocycles. The molecule has 1 aromatic rings. The predicted molar refractivity (Wildman–Crippen MR) is 198 cm³/mol. The SMILES string of the molecule is CC(C)C(NC(=O)CCCCCC(C)(C)C)C(=O)C[C@@H](CCCNC(N)=O)C(=O)Nc1ccc(COC(=O)N(C)CCOC(=O)C(C)(C)C)cc1. The van der Waals surface area contributed by atoms with Crippen LogP contribution in [0.15, 0.2) is 24.3 Å². The molecule has 5 amide bonds. The van der Waals surface area contributed by atoms with Crippen molar-refractivity contribution in [2.75, 3.05) is 32.1 Å². The summed E-state index contributed by atoms with van der Waals surface area (Å²) in [4.78, 5) is 76.5. The van der Waals surface area contributed by atoms with Gasteiger partial charge in [0.25, 0.3) is 0 Å². The van der Waals surface area contributed by atoms with Gasteiger partial charge in [-0.1, -0.05) is 59.6 Å². The number of benzene rings is 1. The lowest BCUT2D eigenvalue weighted by Crippen LogP contribution is -2.45. The number of urea groups is 1. The fourth-order valence-corrected chi connectivity index (χ4v) is 5.00. The van der Waals surface area contributed by atoms with Crippen LogP contribution in [0.25, 0.3) is 0 Å². The van der Waals surface area contributed by atoms with Crippen LogP contribution in [0.5, 0.6) is 0 Å². The molecule has 0 saturated heterocycles. The number of ether oxygens (including phenoxy) is 2. The molecule has 51 heavy (non-hydrogen) atoms. The lowest BCUT2D eigenvalue weighted by Gasteiger charge is -2.24. The van der Waals surface area contributed by atoms with Gasteiger partial charge < -0.3 is 36.1 Å². The molecule has 0 aliphatic rings. The molecule has 2 atom stereocenters. The molecule has 288 valence electrons. The third kappa shape index (κ3) is 19.7. The summed E-state index contributed by atoms with van der Waals surface area (Å²) in [6.07, 6.45) is 4.19. The molecule has 1 rings (SSSR count). The number of likely N-dealkylation sites (N-methyl/N-ethyl adjacent to an activating group) is 1. The number of carbonyl (C=O) groups is 6. The molecular formula is C38H63N5O8. The summed E-state index contributed by atoms with van der Waals surface area (Å²) in [5, 5.41) is 8.27. The van der Waals surface area contributed by atoms with Crippen LogP contribution < -0.4 is 21.7 Å². The summed E-state index contributed by atoms with van der Waals surface area (Å²) in [5.74, 6) is -2.03. The van der Waals surface area contributed by atoms with Crippen LogP contribution in [0.4, 0.5) is 15.3 Å². The lowest BCUT2D eigenvalue weighted by molar-refractivity contribution is -0.153. The van der Waals surface area contributed by atoms with Crippen LogP contribution in [0, 0.1) is 22.7 Å². The minimum Gasteiger partial charge on any atom is -0.463 e. The molecule has 0 aliphatic carbocycles. The Kier molecular flexibility index (Phi) is 19.3. The number of anilines is 1. The maximum Gasteiger partial charge on any atom is 0.409 e. The summed E-state index contributed by atoms with van der Waals surface area (Å²) in [5.41, 5.74) is 5.97. The van der Waals surface area contributed by atoms with Crippen molar-refractivity contribution >= 4 is 41.4 Å². The smallest absolute Gasteiger partial charge is 0.409 e. The quantitative estimate of drug-likeness (QED) is 0.0888. The number of carbonyl (C=O) groups excluding carboxylic acids is 6. The molecule has 0 fully saturated rings. The number of rotatable bonds is 21. The highest BCUT2D eigenvalue weighted by Crippen LogP contribution is 2.23. The molecule has 13 heteroatoms. The molecule has 13 nitrogen and oxygen atoms in total. The first kappa shape index (κ1) is 44.9. The van der Waals surface area contributed by atoms with Gasteiger partial charge in [0.05, 0.1) is 18.0 Å².